The number of aliphatic hydroxyl groups is 1. The first-order chi connectivity index (χ1) is 13.6. The zero-order chi connectivity index (χ0) is 19.5. The normalized spacial score (nSPS) is 15.8. The Morgan fingerprint density at radius 2 is 2.07 bits per heavy atom. The fourth-order valence-corrected chi connectivity index (χ4v) is 3.45. The van der Waals surface area contributed by atoms with Crippen LogP contribution in [0.4, 0.5) is 5.82 Å². The van der Waals surface area contributed by atoms with Crippen LogP contribution in [0.3, 0.4) is 0 Å². The zero-order valence-electron chi connectivity index (χ0n) is 16.6. The number of aryl methyl sites for hydroxylation is 1. The molecule has 7 heteroatoms. The van der Waals surface area contributed by atoms with Crippen LogP contribution in [0.2, 0.25) is 0 Å². The maximum absolute atomic E-state index is 9.40. The van der Waals surface area contributed by atoms with Gasteiger partial charge < -0.3 is 15.2 Å². The van der Waals surface area contributed by atoms with Crippen LogP contribution in [-0.4, -0.2) is 39.3 Å². The Labute approximate surface area is 177 Å². The van der Waals surface area contributed by atoms with Crippen molar-refractivity contribution in [1.29, 1.82) is 0 Å². The number of aromatic nitrogens is 3. The second-order valence-electron chi connectivity index (χ2n) is 7.22. The minimum absolute atomic E-state index is 0. The molecule has 0 fully saturated rings. The number of hydrogen-bond donors (Lipinski definition) is 2. The van der Waals surface area contributed by atoms with Gasteiger partial charge in [0.1, 0.15) is 24.0 Å². The molecule has 2 atom stereocenters. The molecule has 0 spiro atoms. The van der Waals surface area contributed by atoms with Crippen molar-refractivity contribution in [3.8, 4) is 17.0 Å². The molecule has 0 amide bonds. The predicted molar refractivity (Wildman–Crippen MR) is 119 cm³/mol. The van der Waals surface area contributed by atoms with Crippen molar-refractivity contribution in [1.82, 2.24) is 15.0 Å². The minimum atomic E-state index is -0.135. The summed E-state index contributed by atoms with van der Waals surface area (Å²) in [6, 6.07) is 12.1. The van der Waals surface area contributed by atoms with E-state index in [9.17, 15) is 5.11 Å². The Hall–Kier alpha value is -2.64. The number of benzene rings is 1. The van der Waals surface area contributed by atoms with Crippen LogP contribution in [0.1, 0.15) is 29.7 Å². The lowest BCUT2D eigenvalue weighted by atomic mass is 9.97. The first-order valence-corrected chi connectivity index (χ1v) is 9.52. The quantitative estimate of drug-likeness (QED) is 0.648. The minimum Gasteiger partial charge on any atom is -0.487 e. The molecule has 0 bridgehead atoms. The number of hydrogen-bond acceptors (Lipinski definition) is 6. The molecular weight excluding hydrogens is 384 g/mol. The third-order valence-electron chi connectivity index (χ3n) is 5.06. The average Bonchev–Trinajstić information content (AvgIpc) is 3.16. The predicted octanol–water partition coefficient (Wildman–Crippen LogP) is 3.47. The second kappa shape index (κ2) is 9.24. The third-order valence-corrected chi connectivity index (χ3v) is 5.06. The fourth-order valence-electron chi connectivity index (χ4n) is 3.45. The van der Waals surface area contributed by atoms with Crippen molar-refractivity contribution in [3.05, 3.63) is 65.7 Å². The maximum atomic E-state index is 9.40. The van der Waals surface area contributed by atoms with Crippen molar-refractivity contribution >= 4 is 19.3 Å². The van der Waals surface area contributed by atoms with Gasteiger partial charge in [0.2, 0.25) is 0 Å². The molecule has 0 aliphatic carbocycles. The topological polar surface area (TPSA) is 80.2 Å². The van der Waals surface area contributed by atoms with Crippen molar-refractivity contribution in [2.24, 2.45) is 0 Å². The van der Waals surface area contributed by atoms with Gasteiger partial charge in [0.15, 0.2) is 0 Å². The Bertz CT molecular complexity index is 965. The van der Waals surface area contributed by atoms with Crippen molar-refractivity contribution < 1.29 is 9.84 Å². The lowest BCUT2D eigenvalue weighted by Crippen LogP contribution is -2.18. The van der Waals surface area contributed by atoms with Gasteiger partial charge in [-0.25, -0.2) is 9.97 Å². The lowest BCUT2D eigenvalue weighted by molar-refractivity contribution is 0.133. The molecule has 3 aromatic rings. The first kappa shape index (κ1) is 21.1. The number of nitrogens with one attached hydrogen (secondary N) is 1. The van der Waals surface area contributed by atoms with Gasteiger partial charge in [0, 0.05) is 42.4 Å². The Balaban J connectivity index is 0.00000240. The van der Waals surface area contributed by atoms with Gasteiger partial charge in [-0.05, 0) is 30.2 Å². The highest BCUT2D eigenvalue weighted by atomic mass is 32.1. The Morgan fingerprint density at radius 3 is 2.83 bits per heavy atom. The van der Waals surface area contributed by atoms with E-state index in [0.717, 1.165) is 40.5 Å². The summed E-state index contributed by atoms with van der Waals surface area (Å²) in [4.78, 5) is 13.0. The van der Waals surface area contributed by atoms with Crippen LogP contribution in [0.5, 0.6) is 5.75 Å². The summed E-state index contributed by atoms with van der Waals surface area (Å²) in [6.07, 6.45) is 4.02. The molecule has 0 saturated carbocycles. The maximum Gasteiger partial charge on any atom is 0.129 e. The van der Waals surface area contributed by atoms with Crippen LogP contribution in [0.15, 0.2) is 48.9 Å². The van der Waals surface area contributed by atoms with Crippen molar-refractivity contribution in [3.63, 3.8) is 0 Å². The Kier molecular flexibility index (Phi) is 6.71. The van der Waals surface area contributed by atoms with Gasteiger partial charge in [-0.3, -0.25) is 4.98 Å². The molecule has 2 aromatic heterocycles. The molecule has 3 heterocycles. The van der Waals surface area contributed by atoms with E-state index in [1.807, 2.05) is 31.3 Å². The van der Waals surface area contributed by atoms with Gasteiger partial charge in [-0.15, -0.1) is 0 Å². The van der Waals surface area contributed by atoms with E-state index >= 15 is 0 Å². The highest BCUT2D eigenvalue weighted by molar-refractivity contribution is 7.59. The largest absolute Gasteiger partial charge is 0.487 e. The summed E-state index contributed by atoms with van der Waals surface area (Å²) < 4.78 is 5.94. The first-order valence-electron chi connectivity index (χ1n) is 9.52. The number of nitrogens with zero attached hydrogens (tertiary/aromatic N) is 3. The Morgan fingerprint density at radius 1 is 1.21 bits per heavy atom. The van der Waals surface area contributed by atoms with Gasteiger partial charge in [-0.2, -0.15) is 13.5 Å². The number of ether oxygens (including phenoxy) is 1. The second-order valence-corrected chi connectivity index (χ2v) is 7.22. The monoisotopic (exact) mass is 410 g/mol. The smallest absolute Gasteiger partial charge is 0.129 e. The van der Waals surface area contributed by atoms with Gasteiger partial charge in [0.25, 0.3) is 0 Å². The molecule has 1 aliphatic rings. The van der Waals surface area contributed by atoms with E-state index < -0.39 is 0 Å². The van der Waals surface area contributed by atoms with E-state index in [2.05, 4.69) is 45.4 Å². The van der Waals surface area contributed by atoms with E-state index in [4.69, 9.17) is 4.74 Å². The molecule has 1 aromatic carbocycles. The van der Waals surface area contributed by atoms with Gasteiger partial charge in [-0.1, -0.05) is 25.1 Å². The molecule has 4 rings (SSSR count). The molecule has 6 nitrogen and oxygen atoms in total. The third kappa shape index (κ3) is 4.68. The van der Waals surface area contributed by atoms with Crippen LogP contribution >= 0.6 is 13.5 Å². The molecule has 152 valence electrons. The van der Waals surface area contributed by atoms with E-state index in [1.165, 1.54) is 5.56 Å². The molecule has 0 radical (unpaired) electrons. The molecule has 1 aliphatic heterocycles. The summed E-state index contributed by atoms with van der Waals surface area (Å²) in [5, 5.41) is 12.8. The number of pyridine rings is 1. The molecule has 29 heavy (non-hydrogen) atoms. The van der Waals surface area contributed by atoms with E-state index in [0.29, 0.717) is 6.54 Å². The molecule has 0 unspecified atom stereocenters. The fraction of sp³-hybridized carbons (Fsp3) is 0.318. The van der Waals surface area contributed by atoms with E-state index in [-0.39, 0.29) is 32.1 Å². The van der Waals surface area contributed by atoms with Crippen LogP contribution in [0, 0.1) is 6.92 Å². The van der Waals surface area contributed by atoms with Crippen molar-refractivity contribution in [2.75, 3.05) is 18.5 Å². The van der Waals surface area contributed by atoms with Crippen LogP contribution < -0.4 is 10.1 Å². The number of fused-ring (bicyclic) bond motifs is 1. The summed E-state index contributed by atoms with van der Waals surface area (Å²) in [6.45, 7) is 4.87. The SMILES string of the molecule is Cc1ccc(-c2cc(NC[C@@H](C)c3cccc4c3O[C@@H](CO)C4)ncn2)cn1.S. The number of anilines is 1. The van der Waals surface area contributed by atoms with E-state index in [1.54, 1.807) is 6.33 Å². The molecule has 0 saturated heterocycles. The van der Waals surface area contributed by atoms with Crippen LogP contribution in [0.25, 0.3) is 11.3 Å². The average molecular weight is 411 g/mol. The lowest BCUT2D eigenvalue weighted by Gasteiger charge is -2.17. The summed E-state index contributed by atoms with van der Waals surface area (Å²) in [5.41, 5.74) is 5.10. The highest BCUT2D eigenvalue weighted by Gasteiger charge is 2.26. The summed E-state index contributed by atoms with van der Waals surface area (Å²) >= 11 is 0. The highest BCUT2D eigenvalue weighted by Crippen LogP contribution is 2.36. The number of rotatable bonds is 6. The van der Waals surface area contributed by atoms with Gasteiger partial charge in [0.05, 0.1) is 12.3 Å². The van der Waals surface area contributed by atoms with Crippen molar-refractivity contribution in [2.45, 2.75) is 32.3 Å². The number of para-hydroxylation sites is 1. The van der Waals surface area contributed by atoms with Crippen LogP contribution in [-0.2, 0) is 6.42 Å². The number of aliphatic hydroxyl groups excluding tert-OH is 1. The summed E-state index contributed by atoms with van der Waals surface area (Å²) in [7, 11) is 0. The standard InChI is InChI=1S/C22H24N4O2.H2S/c1-14(19-5-3-4-16-8-18(12-27)28-22(16)19)10-24-21-9-20(25-13-26-21)17-7-6-15(2)23-11-17;/h3-7,9,11,13-14,18,27H,8,10,12H2,1-2H3,(H,24,25,26);1H2/t14-,18-;/m1./s1. The molecule has 2 N–H and O–H groups in total. The summed E-state index contributed by atoms with van der Waals surface area (Å²) in [5.74, 6) is 1.93. The zero-order valence-corrected chi connectivity index (χ0v) is 17.6. The molecular formula is C22H26N4O2S. The van der Waals surface area contributed by atoms with Gasteiger partial charge >= 0.3 is 0 Å².